The lowest BCUT2D eigenvalue weighted by molar-refractivity contribution is -0.157. The fraction of sp³-hybridized carbons (Fsp3) is 0.857. The summed E-state index contributed by atoms with van der Waals surface area (Å²) in [7, 11) is 0. The zero-order valence-electron chi connectivity index (χ0n) is 12.4. The summed E-state index contributed by atoms with van der Waals surface area (Å²) in [5.41, 5.74) is -0.0895. The molecule has 0 heterocycles. The van der Waals surface area contributed by atoms with Crippen LogP contribution in [0.5, 0.6) is 0 Å². The molecule has 0 aromatic carbocycles. The number of carbonyl (C=O) groups excluding carboxylic acids is 2. The lowest BCUT2D eigenvalue weighted by Gasteiger charge is -2.26. The molecule has 4 heteroatoms. The summed E-state index contributed by atoms with van der Waals surface area (Å²) in [6.07, 6.45) is -0.00330. The minimum Gasteiger partial charge on any atom is -0.465 e. The molecule has 0 rings (SSSR count). The van der Waals surface area contributed by atoms with Crippen LogP contribution in [0.25, 0.3) is 0 Å². The first-order valence-corrected chi connectivity index (χ1v) is 6.48. The van der Waals surface area contributed by atoms with Crippen LogP contribution in [0.4, 0.5) is 0 Å². The molecule has 0 N–H and O–H groups in total. The maximum atomic E-state index is 11.5. The molecule has 0 spiro atoms. The van der Waals surface area contributed by atoms with Crippen molar-refractivity contribution in [3.05, 3.63) is 0 Å². The van der Waals surface area contributed by atoms with Crippen molar-refractivity contribution in [3.63, 3.8) is 0 Å². The monoisotopic (exact) mass is 258 g/mol. The predicted octanol–water partition coefficient (Wildman–Crippen LogP) is 2.94. The highest BCUT2D eigenvalue weighted by molar-refractivity contribution is 5.77. The molecule has 0 aromatic heterocycles. The van der Waals surface area contributed by atoms with Gasteiger partial charge >= 0.3 is 11.9 Å². The number of hydrogen-bond donors (Lipinski definition) is 0. The highest BCUT2D eigenvalue weighted by atomic mass is 16.5. The Kier molecular flexibility index (Phi) is 6.96. The van der Waals surface area contributed by atoms with Gasteiger partial charge in [-0.25, -0.2) is 0 Å². The molecule has 0 aromatic rings. The van der Waals surface area contributed by atoms with Crippen molar-refractivity contribution in [2.75, 3.05) is 6.61 Å². The van der Waals surface area contributed by atoms with E-state index in [1.54, 1.807) is 0 Å². The summed E-state index contributed by atoms with van der Waals surface area (Å²) in [5, 5.41) is 0. The standard InChI is InChI=1S/C14H26O4/c1-10(2)9-17-12(15)7-8-13(16)18-11(3)14(4,5)6/h10-11H,7-9H2,1-6H3. The first-order chi connectivity index (χ1) is 8.12. The molecule has 1 atom stereocenters. The van der Waals surface area contributed by atoms with E-state index in [9.17, 15) is 9.59 Å². The Morgan fingerprint density at radius 1 is 1.00 bits per heavy atom. The second-order valence-electron chi connectivity index (χ2n) is 6.07. The minimum absolute atomic E-state index is 0.0807. The SMILES string of the molecule is CC(C)COC(=O)CCC(=O)OC(C)C(C)(C)C. The van der Waals surface area contributed by atoms with E-state index >= 15 is 0 Å². The molecule has 0 saturated heterocycles. The molecular weight excluding hydrogens is 232 g/mol. The molecule has 4 nitrogen and oxygen atoms in total. The lowest BCUT2D eigenvalue weighted by atomic mass is 9.90. The van der Waals surface area contributed by atoms with Gasteiger partial charge in [0.05, 0.1) is 19.4 Å². The maximum absolute atomic E-state index is 11.5. The van der Waals surface area contributed by atoms with Gasteiger partial charge < -0.3 is 9.47 Å². The van der Waals surface area contributed by atoms with E-state index in [2.05, 4.69) is 0 Å². The second-order valence-corrected chi connectivity index (χ2v) is 6.07. The Morgan fingerprint density at radius 3 is 1.94 bits per heavy atom. The van der Waals surface area contributed by atoms with Crippen LogP contribution < -0.4 is 0 Å². The lowest BCUT2D eigenvalue weighted by Crippen LogP contribution is -2.28. The molecule has 0 aliphatic heterocycles. The molecule has 0 amide bonds. The van der Waals surface area contributed by atoms with E-state index in [1.165, 1.54) is 0 Å². The van der Waals surface area contributed by atoms with Crippen LogP contribution >= 0.6 is 0 Å². The van der Waals surface area contributed by atoms with Crippen molar-refractivity contribution in [1.82, 2.24) is 0 Å². The summed E-state index contributed by atoms with van der Waals surface area (Å²) >= 11 is 0. The van der Waals surface area contributed by atoms with E-state index < -0.39 is 0 Å². The van der Waals surface area contributed by atoms with E-state index in [-0.39, 0.29) is 36.3 Å². The normalized spacial score (nSPS) is 13.3. The van der Waals surface area contributed by atoms with Gasteiger partial charge in [-0.3, -0.25) is 9.59 Å². The Balaban J connectivity index is 3.87. The zero-order valence-corrected chi connectivity index (χ0v) is 12.4. The quantitative estimate of drug-likeness (QED) is 0.687. The molecule has 0 aliphatic carbocycles. The van der Waals surface area contributed by atoms with Gasteiger partial charge in [0.25, 0.3) is 0 Å². The van der Waals surface area contributed by atoms with E-state index in [0.29, 0.717) is 12.5 Å². The highest BCUT2D eigenvalue weighted by Gasteiger charge is 2.23. The van der Waals surface area contributed by atoms with Crippen LogP contribution in [-0.2, 0) is 19.1 Å². The third-order valence-corrected chi connectivity index (χ3v) is 2.64. The number of carbonyl (C=O) groups is 2. The van der Waals surface area contributed by atoms with Crippen molar-refractivity contribution in [1.29, 1.82) is 0 Å². The molecule has 1 unspecified atom stereocenters. The highest BCUT2D eigenvalue weighted by Crippen LogP contribution is 2.22. The van der Waals surface area contributed by atoms with Gasteiger partial charge in [-0.15, -0.1) is 0 Å². The van der Waals surface area contributed by atoms with Crippen molar-refractivity contribution >= 4 is 11.9 Å². The fourth-order valence-corrected chi connectivity index (χ4v) is 0.969. The number of ether oxygens (including phenoxy) is 2. The van der Waals surface area contributed by atoms with Gasteiger partial charge in [0.1, 0.15) is 6.10 Å². The Morgan fingerprint density at radius 2 is 1.50 bits per heavy atom. The van der Waals surface area contributed by atoms with E-state index in [0.717, 1.165) is 0 Å². The molecule has 0 aliphatic rings. The largest absolute Gasteiger partial charge is 0.465 e. The van der Waals surface area contributed by atoms with Gasteiger partial charge in [-0.1, -0.05) is 34.6 Å². The Bertz CT molecular complexity index is 276. The number of esters is 2. The van der Waals surface area contributed by atoms with Gasteiger partial charge in [0.15, 0.2) is 0 Å². The second kappa shape index (κ2) is 7.39. The van der Waals surface area contributed by atoms with E-state index in [4.69, 9.17) is 9.47 Å². The molecule has 106 valence electrons. The van der Waals surface area contributed by atoms with Gasteiger partial charge in [-0.2, -0.15) is 0 Å². The zero-order chi connectivity index (χ0) is 14.3. The molecular formula is C14H26O4. The predicted molar refractivity (Wildman–Crippen MR) is 70.0 cm³/mol. The van der Waals surface area contributed by atoms with Crippen LogP contribution in [0.2, 0.25) is 0 Å². The third-order valence-electron chi connectivity index (χ3n) is 2.64. The van der Waals surface area contributed by atoms with Crippen LogP contribution in [0.3, 0.4) is 0 Å². The number of hydrogen-bond acceptors (Lipinski definition) is 4. The van der Waals surface area contributed by atoms with Crippen molar-refractivity contribution in [2.45, 2.75) is 60.5 Å². The van der Waals surface area contributed by atoms with Crippen molar-refractivity contribution < 1.29 is 19.1 Å². The summed E-state index contributed by atoms with van der Waals surface area (Å²) in [6.45, 7) is 12.2. The van der Waals surface area contributed by atoms with Crippen LogP contribution in [0, 0.1) is 11.3 Å². The molecule has 0 radical (unpaired) electrons. The molecule has 0 fully saturated rings. The average molecular weight is 258 g/mol. The first-order valence-electron chi connectivity index (χ1n) is 6.48. The molecule has 18 heavy (non-hydrogen) atoms. The van der Waals surface area contributed by atoms with E-state index in [1.807, 2.05) is 41.5 Å². The number of rotatable bonds is 6. The van der Waals surface area contributed by atoms with Gasteiger partial charge in [0.2, 0.25) is 0 Å². The first kappa shape index (κ1) is 16.9. The smallest absolute Gasteiger partial charge is 0.306 e. The summed E-state index contributed by atoms with van der Waals surface area (Å²) in [6, 6.07) is 0. The summed E-state index contributed by atoms with van der Waals surface area (Å²) in [5.74, 6) is -0.384. The van der Waals surface area contributed by atoms with Gasteiger partial charge in [0, 0.05) is 0 Å². The maximum Gasteiger partial charge on any atom is 0.306 e. The molecule has 0 bridgehead atoms. The van der Waals surface area contributed by atoms with Crippen molar-refractivity contribution in [3.8, 4) is 0 Å². The van der Waals surface area contributed by atoms with Crippen LogP contribution in [0.1, 0.15) is 54.4 Å². The molecule has 0 saturated carbocycles. The average Bonchev–Trinajstić information content (AvgIpc) is 2.22. The Labute approximate surface area is 110 Å². The fourth-order valence-electron chi connectivity index (χ4n) is 0.969. The van der Waals surface area contributed by atoms with Gasteiger partial charge in [-0.05, 0) is 18.3 Å². The summed E-state index contributed by atoms with van der Waals surface area (Å²) in [4.78, 5) is 22.8. The topological polar surface area (TPSA) is 52.6 Å². The Hall–Kier alpha value is -1.06. The van der Waals surface area contributed by atoms with Crippen LogP contribution in [-0.4, -0.2) is 24.6 Å². The minimum atomic E-state index is -0.348. The van der Waals surface area contributed by atoms with Crippen molar-refractivity contribution in [2.24, 2.45) is 11.3 Å². The third kappa shape index (κ3) is 8.09. The summed E-state index contributed by atoms with van der Waals surface area (Å²) < 4.78 is 10.2. The van der Waals surface area contributed by atoms with Crippen LogP contribution in [0.15, 0.2) is 0 Å².